The van der Waals surface area contributed by atoms with Crippen molar-refractivity contribution in [1.82, 2.24) is 16.0 Å². The van der Waals surface area contributed by atoms with E-state index in [1.54, 1.807) is 0 Å². The Morgan fingerprint density at radius 1 is 1.31 bits per heavy atom. The number of hydrogen-bond acceptors (Lipinski definition) is 3. The number of hydrogen-bond donors (Lipinski definition) is 3. The molecule has 16 heavy (non-hydrogen) atoms. The molecule has 0 aliphatic rings. The largest absolute Gasteiger partial charge is 0.378 e. The molecule has 4 amide bonds. The number of carbonyl (C=O) groups excluding carboxylic acids is 2. The Morgan fingerprint density at radius 2 is 2.00 bits per heavy atom. The molecule has 0 fully saturated rings. The third-order valence-corrected chi connectivity index (χ3v) is 2.04. The van der Waals surface area contributed by atoms with Gasteiger partial charge in [0.05, 0.1) is 6.10 Å². The van der Waals surface area contributed by atoms with E-state index in [-0.39, 0.29) is 6.10 Å². The van der Waals surface area contributed by atoms with Gasteiger partial charge in [0, 0.05) is 20.2 Å². The summed E-state index contributed by atoms with van der Waals surface area (Å²) < 4.78 is 5.42. The molecule has 0 bridgehead atoms. The second-order valence-corrected chi connectivity index (χ2v) is 3.40. The molecular weight excluding hydrogens is 210 g/mol. The van der Waals surface area contributed by atoms with E-state index in [9.17, 15) is 9.59 Å². The van der Waals surface area contributed by atoms with E-state index < -0.39 is 12.1 Å². The second-order valence-electron chi connectivity index (χ2n) is 3.40. The molecule has 6 nitrogen and oxygen atoms in total. The van der Waals surface area contributed by atoms with Crippen LogP contribution in [0.15, 0.2) is 0 Å². The second kappa shape index (κ2) is 8.96. The number of ether oxygens (including phenoxy) is 1. The van der Waals surface area contributed by atoms with Gasteiger partial charge in [-0.25, -0.2) is 9.59 Å². The fourth-order valence-corrected chi connectivity index (χ4v) is 0.886. The quantitative estimate of drug-likeness (QED) is 0.592. The van der Waals surface area contributed by atoms with Gasteiger partial charge in [0.15, 0.2) is 0 Å². The molecule has 0 rings (SSSR count). The molecule has 0 aromatic rings. The topological polar surface area (TPSA) is 79.5 Å². The lowest BCUT2D eigenvalue weighted by Crippen LogP contribution is -2.44. The Bertz CT molecular complexity index is 221. The molecule has 6 heteroatoms. The van der Waals surface area contributed by atoms with Crippen LogP contribution in [0.3, 0.4) is 0 Å². The van der Waals surface area contributed by atoms with Gasteiger partial charge in [0.1, 0.15) is 0 Å². The van der Waals surface area contributed by atoms with Crippen LogP contribution < -0.4 is 16.0 Å². The molecule has 0 spiro atoms. The summed E-state index contributed by atoms with van der Waals surface area (Å²) in [6, 6.07) is -1.02. The molecule has 3 N–H and O–H groups in total. The Labute approximate surface area is 96.1 Å². The van der Waals surface area contributed by atoms with Gasteiger partial charge in [-0.15, -0.1) is 0 Å². The van der Waals surface area contributed by atoms with Gasteiger partial charge in [-0.05, 0) is 19.8 Å². The maximum absolute atomic E-state index is 11.0. The zero-order valence-corrected chi connectivity index (χ0v) is 10.1. The third kappa shape index (κ3) is 8.05. The molecule has 0 aliphatic heterocycles. The maximum Gasteiger partial charge on any atom is 0.322 e. The summed E-state index contributed by atoms with van der Waals surface area (Å²) >= 11 is 0. The molecule has 0 aliphatic carbocycles. The van der Waals surface area contributed by atoms with Crippen LogP contribution in [0, 0.1) is 0 Å². The molecule has 0 saturated carbocycles. The van der Waals surface area contributed by atoms with Crippen LogP contribution in [-0.4, -0.2) is 38.4 Å². The number of rotatable bonds is 6. The summed E-state index contributed by atoms with van der Waals surface area (Å²) in [5.41, 5.74) is 0. The van der Waals surface area contributed by atoms with Crippen LogP contribution in [0.25, 0.3) is 0 Å². The first kappa shape index (κ1) is 14.7. The molecule has 0 radical (unpaired) electrons. The highest BCUT2D eigenvalue weighted by molar-refractivity contribution is 5.93. The average molecular weight is 231 g/mol. The Morgan fingerprint density at radius 3 is 2.56 bits per heavy atom. The summed E-state index contributed by atoms with van der Waals surface area (Å²) in [4.78, 5) is 21.8. The van der Waals surface area contributed by atoms with E-state index in [4.69, 9.17) is 4.74 Å². The smallest absolute Gasteiger partial charge is 0.322 e. The third-order valence-electron chi connectivity index (χ3n) is 2.04. The van der Waals surface area contributed by atoms with Crippen molar-refractivity contribution in [2.24, 2.45) is 0 Å². The van der Waals surface area contributed by atoms with Gasteiger partial charge in [0.2, 0.25) is 0 Å². The molecular formula is C10H21N3O3. The monoisotopic (exact) mass is 231 g/mol. The standard InChI is InChI=1S/C10H21N3O3/c1-4-8(2)16-7-5-6-12-10(15)13-9(14)11-3/h8H,4-7H2,1-3H3,(H3,11,12,13,14,15). The zero-order chi connectivity index (χ0) is 12.4. The van der Waals surface area contributed by atoms with Crippen molar-refractivity contribution in [1.29, 1.82) is 0 Å². The van der Waals surface area contributed by atoms with Crippen LogP contribution in [-0.2, 0) is 4.74 Å². The Hall–Kier alpha value is -1.30. The number of nitrogens with one attached hydrogen (secondary N) is 3. The van der Waals surface area contributed by atoms with Crippen LogP contribution in [0.5, 0.6) is 0 Å². The lowest BCUT2D eigenvalue weighted by atomic mass is 10.3. The van der Waals surface area contributed by atoms with Crippen LogP contribution in [0.2, 0.25) is 0 Å². The van der Waals surface area contributed by atoms with Gasteiger partial charge < -0.3 is 15.4 Å². The Balaban J connectivity index is 3.38. The van der Waals surface area contributed by atoms with E-state index in [1.807, 2.05) is 6.92 Å². The normalized spacial score (nSPS) is 11.7. The van der Waals surface area contributed by atoms with Gasteiger partial charge in [-0.2, -0.15) is 0 Å². The van der Waals surface area contributed by atoms with Gasteiger partial charge in [0.25, 0.3) is 0 Å². The molecule has 0 saturated heterocycles. The fourth-order valence-electron chi connectivity index (χ4n) is 0.886. The lowest BCUT2D eigenvalue weighted by molar-refractivity contribution is 0.0624. The molecule has 0 aromatic heterocycles. The summed E-state index contributed by atoms with van der Waals surface area (Å²) in [5.74, 6) is 0. The zero-order valence-electron chi connectivity index (χ0n) is 10.1. The minimum absolute atomic E-state index is 0.250. The number of imide groups is 1. The van der Waals surface area contributed by atoms with Crippen molar-refractivity contribution in [2.75, 3.05) is 20.2 Å². The number of amides is 4. The van der Waals surface area contributed by atoms with Crippen LogP contribution in [0.1, 0.15) is 26.7 Å². The number of carbonyl (C=O) groups is 2. The lowest BCUT2D eigenvalue weighted by Gasteiger charge is -2.10. The first-order chi connectivity index (χ1) is 7.60. The highest BCUT2D eigenvalue weighted by Gasteiger charge is 2.03. The predicted molar refractivity (Wildman–Crippen MR) is 61.3 cm³/mol. The summed E-state index contributed by atoms with van der Waals surface area (Å²) in [6.45, 7) is 5.15. The van der Waals surface area contributed by atoms with Crippen molar-refractivity contribution < 1.29 is 14.3 Å². The SMILES string of the molecule is CCC(C)OCCCNC(=O)NC(=O)NC. The van der Waals surface area contributed by atoms with Crippen molar-refractivity contribution in [3.63, 3.8) is 0 Å². The molecule has 1 unspecified atom stereocenters. The predicted octanol–water partition coefficient (Wildman–Crippen LogP) is 0.830. The summed E-state index contributed by atoms with van der Waals surface area (Å²) in [7, 11) is 1.45. The van der Waals surface area contributed by atoms with E-state index in [0.29, 0.717) is 13.2 Å². The van der Waals surface area contributed by atoms with E-state index in [1.165, 1.54) is 7.05 Å². The highest BCUT2D eigenvalue weighted by Crippen LogP contribution is 1.95. The van der Waals surface area contributed by atoms with Crippen molar-refractivity contribution in [3.05, 3.63) is 0 Å². The minimum Gasteiger partial charge on any atom is -0.378 e. The van der Waals surface area contributed by atoms with Crippen molar-refractivity contribution >= 4 is 12.1 Å². The molecule has 94 valence electrons. The highest BCUT2D eigenvalue weighted by atomic mass is 16.5. The van der Waals surface area contributed by atoms with Gasteiger partial charge >= 0.3 is 12.1 Å². The van der Waals surface area contributed by atoms with Gasteiger partial charge in [-0.3, -0.25) is 5.32 Å². The van der Waals surface area contributed by atoms with E-state index in [2.05, 4.69) is 22.9 Å². The summed E-state index contributed by atoms with van der Waals surface area (Å²) in [6.07, 6.45) is 1.95. The van der Waals surface area contributed by atoms with E-state index >= 15 is 0 Å². The Kier molecular flexibility index (Phi) is 8.24. The molecule has 0 heterocycles. The average Bonchev–Trinajstić information content (AvgIpc) is 2.27. The van der Waals surface area contributed by atoms with Crippen LogP contribution >= 0.6 is 0 Å². The first-order valence-corrected chi connectivity index (χ1v) is 5.48. The van der Waals surface area contributed by atoms with Crippen LogP contribution in [0.4, 0.5) is 9.59 Å². The first-order valence-electron chi connectivity index (χ1n) is 5.48. The molecule has 0 aromatic carbocycles. The van der Waals surface area contributed by atoms with Gasteiger partial charge in [-0.1, -0.05) is 6.92 Å². The van der Waals surface area contributed by atoms with E-state index in [0.717, 1.165) is 12.8 Å². The van der Waals surface area contributed by atoms with Crippen molar-refractivity contribution in [3.8, 4) is 0 Å². The summed E-state index contributed by atoms with van der Waals surface area (Å²) in [5, 5.41) is 6.93. The fraction of sp³-hybridized carbons (Fsp3) is 0.800. The number of urea groups is 2. The maximum atomic E-state index is 11.0. The van der Waals surface area contributed by atoms with Crippen molar-refractivity contribution in [2.45, 2.75) is 32.8 Å². The molecule has 1 atom stereocenters. The minimum atomic E-state index is -0.520.